The highest BCUT2D eigenvalue weighted by atomic mass is 16.4. The number of piperidine rings is 1. The maximum Gasteiger partial charge on any atom is 0.335 e. The van der Waals surface area contributed by atoms with Crippen LogP contribution in [0.4, 0.5) is 0 Å². The first kappa shape index (κ1) is 28.1. The first-order chi connectivity index (χ1) is 18.2. The third-order valence-electron chi connectivity index (χ3n) is 8.96. The number of phenolic OH excluding ortho intramolecular Hbond substituents is 1. The SMILES string of the molecule is CCC(CN1CC[C@]23CCCC[C@H]2[C@@H]1Cc1ccc(O)cc13)c1ccccc1.O=C(O)[C@H](O)[C@@H](O)C(=O)O. The number of aliphatic hydroxyl groups excluding tert-OH is 2. The summed E-state index contributed by atoms with van der Waals surface area (Å²) < 4.78 is 0. The number of hydrogen-bond donors (Lipinski definition) is 5. The monoisotopic (exact) mass is 525 g/mol. The van der Waals surface area contributed by atoms with Gasteiger partial charge in [0.25, 0.3) is 0 Å². The number of rotatable bonds is 7. The van der Waals surface area contributed by atoms with Crippen molar-refractivity contribution in [1.82, 2.24) is 4.90 Å². The largest absolute Gasteiger partial charge is 0.508 e. The van der Waals surface area contributed by atoms with Gasteiger partial charge in [-0.05, 0) is 79.3 Å². The van der Waals surface area contributed by atoms with Crippen molar-refractivity contribution in [3.8, 4) is 5.75 Å². The lowest BCUT2D eigenvalue weighted by Crippen LogP contribution is -2.61. The van der Waals surface area contributed by atoms with Crippen molar-refractivity contribution in [1.29, 1.82) is 0 Å². The molecule has 3 aliphatic rings. The number of aromatic hydroxyl groups is 1. The summed E-state index contributed by atoms with van der Waals surface area (Å²) in [7, 11) is 0. The van der Waals surface area contributed by atoms with Crippen molar-refractivity contribution in [2.45, 2.75) is 81.5 Å². The number of aliphatic hydroxyl groups is 2. The molecule has 1 unspecified atom stereocenters. The van der Waals surface area contributed by atoms with Crippen LogP contribution in [-0.4, -0.2) is 73.7 Å². The van der Waals surface area contributed by atoms with Gasteiger partial charge in [0, 0.05) is 18.0 Å². The van der Waals surface area contributed by atoms with E-state index in [1.165, 1.54) is 68.3 Å². The Morgan fingerprint density at radius 2 is 1.68 bits per heavy atom. The number of carboxylic acid groups (broad SMARTS) is 2. The van der Waals surface area contributed by atoms with E-state index in [1.54, 1.807) is 0 Å². The average molecular weight is 526 g/mol. The van der Waals surface area contributed by atoms with E-state index < -0.39 is 24.1 Å². The molecule has 0 amide bonds. The van der Waals surface area contributed by atoms with Crippen molar-refractivity contribution < 1.29 is 35.1 Å². The first-order valence-electron chi connectivity index (χ1n) is 13.6. The number of aliphatic carboxylic acids is 2. The van der Waals surface area contributed by atoms with Crippen LogP contribution < -0.4 is 0 Å². The van der Waals surface area contributed by atoms with Crippen LogP contribution >= 0.6 is 0 Å². The van der Waals surface area contributed by atoms with E-state index in [4.69, 9.17) is 20.4 Å². The predicted molar refractivity (Wildman–Crippen MR) is 142 cm³/mol. The van der Waals surface area contributed by atoms with Crippen LogP contribution in [0.1, 0.15) is 68.1 Å². The molecule has 1 aliphatic heterocycles. The van der Waals surface area contributed by atoms with E-state index in [-0.39, 0.29) is 0 Å². The second-order valence-corrected chi connectivity index (χ2v) is 10.9. The number of fused-ring (bicyclic) bond motifs is 1. The zero-order valence-electron chi connectivity index (χ0n) is 21.9. The maximum atomic E-state index is 10.2. The molecule has 0 spiro atoms. The summed E-state index contributed by atoms with van der Waals surface area (Å²) in [4.78, 5) is 22.4. The van der Waals surface area contributed by atoms with Crippen LogP contribution in [0.15, 0.2) is 48.5 Å². The Morgan fingerprint density at radius 3 is 2.32 bits per heavy atom. The quantitative estimate of drug-likeness (QED) is 0.370. The van der Waals surface area contributed by atoms with Crippen molar-refractivity contribution in [3.63, 3.8) is 0 Å². The van der Waals surface area contributed by atoms with E-state index >= 15 is 0 Å². The molecule has 38 heavy (non-hydrogen) atoms. The molecule has 1 saturated heterocycles. The minimum atomic E-state index is -2.27. The summed E-state index contributed by atoms with van der Waals surface area (Å²) in [6.07, 6.45) is 4.49. The number of benzene rings is 2. The molecule has 6 atom stereocenters. The van der Waals surface area contributed by atoms with Gasteiger partial charge in [0.15, 0.2) is 12.2 Å². The summed E-state index contributed by atoms with van der Waals surface area (Å²) in [5.41, 5.74) is 4.80. The van der Waals surface area contributed by atoms with Gasteiger partial charge >= 0.3 is 11.9 Å². The highest BCUT2D eigenvalue weighted by Gasteiger charge is 2.53. The smallest absolute Gasteiger partial charge is 0.335 e. The molecule has 2 fully saturated rings. The van der Waals surface area contributed by atoms with Gasteiger partial charge in [0.1, 0.15) is 5.75 Å². The lowest BCUT2D eigenvalue weighted by Gasteiger charge is -2.59. The van der Waals surface area contributed by atoms with Crippen molar-refractivity contribution in [3.05, 3.63) is 65.2 Å². The number of phenols is 1. The molecule has 0 radical (unpaired) electrons. The number of carbonyl (C=O) groups is 2. The third kappa shape index (κ3) is 5.58. The fourth-order valence-corrected chi connectivity index (χ4v) is 7.05. The van der Waals surface area contributed by atoms with Crippen LogP contribution in [0.25, 0.3) is 0 Å². The van der Waals surface area contributed by atoms with Gasteiger partial charge in [0.2, 0.25) is 0 Å². The Labute approximate surface area is 223 Å². The van der Waals surface area contributed by atoms with E-state index in [0.29, 0.717) is 23.1 Å². The summed E-state index contributed by atoms with van der Waals surface area (Å²) in [6.45, 7) is 4.73. The minimum Gasteiger partial charge on any atom is -0.508 e. The number of hydrogen-bond acceptors (Lipinski definition) is 6. The summed E-state index contributed by atoms with van der Waals surface area (Å²) in [6, 6.07) is 18.0. The zero-order valence-corrected chi connectivity index (χ0v) is 21.9. The molecule has 5 N–H and O–H groups in total. The molecule has 1 heterocycles. The molecule has 2 aromatic rings. The van der Waals surface area contributed by atoms with E-state index in [9.17, 15) is 14.7 Å². The van der Waals surface area contributed by atoms with Crippen LogP contribution in [0.2, 0.25) is 0 Å². The van der Waals surface area contributed by atoms with Crippen molar-refractivity contribution >= 4 is 11.9 Å². The van der Waals surface area contributed by atoms with Crippen molar-refractivity contribution in [2.75, 3.05) is 13.1 Å². The third-order valence-corrected chi connectivity index (χ3v) is 8.96. The van der Waals surface area contributed by atoms with E-state index in [2.05, 4.69) is 54.3 Å². The van der Waals surface area contributed by atoms with Gasteiger partial charge in [-0.1, -0.05) is 56.2 Å². The number of carboxylic acids is 2. The fourth-order valence-electron chi connectivity index (χ4n) is 7.05. The van der Waals surface area contributed by atoms with Gasteiger partial charge in [-0.2, -0.15) is 0 Å². The second-order valence-electron chi connectivity index (χ2n) is 10.9. The maximum absolute atomic E-state index is 10.2. The second kappa shape index (κ2) is 11.8. The molecule has 8 heteroatoms. The molecule has 5 rings (SSSR count). The molecule has 2 aromatic carbocycles. The highest BCUT2D eigenvalue weighted by molar-refractivity contribution is 5.83. The standard InChI is InChI=1S/C26H33NO.C4H6O6/c1-2-19(20-8-4-3-5-9-20)18-27-15-14-26-13-7-6-10-23(26)25(27)16-21-11-12-22(28)17-24(21)26;5-1(3(7)8)2(6)4(9)10/h3-5,8-9,11-12,17,19,23,25,28H,2,6-7,10,13-16,18H2,1H3;1-2,5-6H,(H,7,8)(H,9,10)/t19?,23-,25-,26+;1-,2-/m01/s1. The van der Waals surface area contributed by atoms with Gasteiger partial charge in [0.05, 0.1) is 0 Å². The molecule has 2 aliphatic carbocycles. The van der Waals surface area contributed by atoms with Crippen LogP contribution in [0.5, 0.6) is 5.75 Å². The first-order valence-corrected chi connectivity index (χ1v) is 13.6. The number of likely N-dealkylation sites (tertiary alicyclic amines) is 1. The topological polar surface area (TPSA) is 139 Å². The van der Waals surface area contributed by atoms with E-state index in [0.717, 1.165) is 12.3 Å². The van der Waals surface area contributed by atoms with E-state index in [1.807, 2.05) is 6.07 Å². The lowest BCUT2D eigenvalue weighted by molar-refractivity contribution is -0.165. The van der Waals surface area contributed by atoms with Crippen LogP contribution in [0.3, 0.4) is 0 Å². The average Bonchev–Trinajstić information content (AvgIpc) is 2.93. The normalized spacial score (nSPS) is 26.5. The molecular weight excluding hydrogens is 486 g/mol. The summed E-state index contributed by atoms with van der Waals surface area (Å²) in [5, 5.41) is 42.7. The highest BCUT2D eigenvalue weighted by Crippen LogP contribution is 2.56. The fraction of sp³-hybridized carbons (Fsp3) is 0.533. The summed E-state index contributed by atoms with van der Waals surface area (Å²) >= 11 is 0. The van der Waals surface area contributed by atoms with Crippen LogP contribution in [0, 0.1) is 5.92 Å². The Kier molecular flexibility index (Phi) is 8.75. The molecule has 206 valence electrons. The molecule has 1 saturated carbocycles. The molecular formula is C30H39NO7. The minimum absolute atomic E-state index is 0.320. The zero-order chi connectivity index (χ0) is 27.4. The van der Waals surface area contributed by atoms with Gasteiger partial charge in [-0.25, -0.2) is 9.59 Å². The Bertz CT molecular complexity index is 1100. The number of nitrogens with zero attached hydrogens (tertiary/aromatic N) is 1. The molecule has 0 aromatic heterocycles. The van der Waals surface area contributed by atoms with Gasteiger partial charge in [-0.3, -0.25) is 4.90 Å². The van der Waals surface area contributed by atoms with Gasteiger partial charge < -0.3 is 25.5 Å². The summed E-state index contributed by atoms with van der Waals surface area (Å²) in [5.74, 6) is -1.70. The van der Waals surface area contributed by atoms with Gasteiger partial charge in [-0.15, -0.1) is 0 Å². The van der Waals surface area contributed by atoms with Crippen LogP contribution in [-0.2, 0) is 21.4 Å². The Hall–Kier alpha value is -2.94. The molecule has 8 nitrogen and oxygen atoms in total. The Morgan fingerprint density at radius 1 is 1.00 bits per heavy atom. The Balaban J connectivity index is 0.000000289. The molecule has 2 bridgehead atoms. The lowest BCUT2D eigenvalue weighted by atomic mass is 9.52. The van der Waals surface area contributed by atoms with Crippen molar-refractivity contribution in [2.24, 2.45) is 5.92 Å². The predicted octanol–water partition coefficient (Wildman–Crippen LogP) is 3.52.